The smallest absolute Gasteiger partial charge is 0.309 e. The number of rotatable bonds is 3. The van der Waals surface area contributed by atoms with E-state index in [0.29, 0.717) is 23.7 Å². The third kappa shape index (κ3) is 2.75. The molecule has 0 saturated heterocycles. The molecule has 0 bridgehead atoms. The maximum atomic E-state index is 12.8. The molecule has 1 N–H and O–H groups in total. The molecule has 0 aromatic heterocycles. The van der Waals surface area contributed by atoms with Gasteiger partial charge >= 0.3 is 5.97 Å². The number of hydrogen-bond donors (Lipinski definition) is 1. The molecule has 0 heterocycles. The van der Waals surface area contributed by atoms with E-state index in [1.54, 1.807) is 0 Å². The average Bonchev–Trinajstić information content (AvgIpc) is 3.15. The summed E-state index contributed by atoms with van der Waals surface area (Å²) >= 11 is 0. The van der Waals surface area contributed by atoms with Gasteiger partial charge in [0, 0.05) is 0 Å². The van der Waals surface area contributed by atoms with Crippen molar-refractivity contribution in [3.8, 4) is 0 Å². The summed E-state index contributed by atoms with van der Waals surface area (Å²) in [6.45, 7) is 18.8. The fraction of sp³-hybridized carbons (Fsp3) is 0.900. The fourth-order valence-corrected chi connectivity index (χ4v) is 11.7. The van der Waals surface area contributed by atoms with E-state index >= 15 is 0 Å². The monoisotopic (exact) mass is 469 g/mol. The minimum atomic E-state index is -0.548. The van der Waals surface area contributed by atoms with Crippen LogP contribution in [0.2, 0.25) is 0 Å². The Kier molecular flexibility index (Phi) is 5.34. The molecule has 0 spiro atoms. The fourth-order valence-electron chi connectivity index (χ4n) is 11.7. The number of carbonyl (C=O) groups is 1. The molecule has 10 atom stereocenters. The summed E-state index contributed by atoms with van der Waals surface area (Å²) in [5.41, 5.74) is 1.21. The number of aliphatic carboxylic acids is 1. The molecule has 1 unspecified atom stereocenters. The van der Waals surface area contributed by atoms with Gasteiger partial charge in [0.2, 0.25) is 0 Å². The summed E-state index contributed by atoms with van der Waals surface area (Å²) in [6, 6.07) is -0.0671. The summed E-state index contributed by atoms with van der Waals surface area (Å²) in [5.74, 6) is 1.66. The highest BCUT2D eigenvalue weighted by Gasteiger charge is 2.72. The molecule has 5 aliphatic rings. The largest absolute Gasteiger partial charge is 0.481 e. The maximum absolute atomic E-state index is 12.8. The lowest BCUT2D eigenvalue weighted by molar-refractivity contribution is -0.239. The van der Waals surface area contributed by atoms with Crippen molar-refractivity contribution in [1.29, 1.82) is 0 Å². The van der Waals surface area contributed by atoms with Crippen molar-refractivity contribution in [2.45, 2.75) is 112 Å². The van der Waals surface area contributed by atoms with Gasteiger partial charge in [-0.15, -0.1) is 0 Å². The number of nitroso groups, excluding NO2 is 1. The Bertz CT molecular complexity index is 911. The predicted molar refractivity (Wildman–Crippen MR) is 136 cm³/mol. The van der Waals surface area contributed by atoms with E-state index in [0.717, 1.165) is 44.9 Å². The van der Waals surface area contributed by atoms with Gasteiger partial charge in [-0.1, -0.05) is 51.9 Å². The van der Waals surface area contributed by atoms with Crippen LogP contribution < -0.4 is 0 Å². The minimum absolute atomic E-state index is 0.0463. The van der Waals surface area contributed by atoms with Gasteiger partial charge in [0.25, 0.3) is 0 Å². The van der Waals surface area contributed by atoms with Gasteiger partial charge in [-0.05, 0) is 122 Å². The molecule has 5 aliphatic carbocycles. The lowest BCUT2D eigenvalue weighted by atomic mass is 9.32. The molecule has 4 nitrogen and oxygen atoms in total. The van der Waals surface area contributed by atoms with E-state index in [4.69, 9.17) is 0 Å². The Morgan fingerprint density at radius 1 is 0.853 bits per heavy atom. The van der Waals surface area contributed by atoms with E-state index < -0.39 is 11.4 Å². The lowest BCUT2D eigenvalue weighted by Crippen LogP contribution is -2.67. The van der Waals surface area contributed by atoms with Crippen LogP contribution in [0.15, 0.2) is 17.3 Å². The van der Waals surface area contributed by atoms with Gasteiger partial charge < -0.3 is 5.11 Å². The first kappa shape index (κ1) is 24.5. The van der Waals surface area contributed by atoms with Crippen LogP contribution in [0.25, 0.3) is 0 Å². The zero-order valence-electron chi connectivity index (χ0n) is 22.5. The first-order valence-corrected chi connectivity index (χ1v) is 14.0. The molecule has 0 radical (unpaired) electrons. The second kappa shape index (κ2) is 7.42. The van der Waals surface area contributed by atoms with Crippen LogP contribution in [0.5, 0.6) is 0 Å². The van der Waals surface area contributed by atoms with Gasteiger partial charge in [-0.3, -0.25) is 4.79 Å². The number of fused-ring (bicyclic) bond motifs is 7. The minimum Gasteiger partial charge on any atom is -0.481 e. The molecule has 5 fully saturated rings. The average molecular weight is 470 g/mol. The van der Waals surface area contributed by atoms with Crippen molar-refractivity contribution >= 4 is 5.97 Å². The van der Waals surface area contributed by atoms with Crippen molar-refractivity contribution in [1.82, 2.24) is 0 Å². The molecular formula is C30H47NO3. The summed E-state index contributed by atoms with van der Waals surface area (Å²) in [6.07, 6.45) is 10.4. The Morgan fingerprint density at radius 2 is 1.56 bits per heavy atom. The summed E-state index contributed by atoms with van der Waals surface area (Å²) in [5, 5.41) is 14.1. The quantitative estimate of drug-likeness (QED) is 0.338. The topological polar surface area (TPSA) is 66.7 Å². The summed E-state index contributed by atoms with van der Waals surface area (Å²) < 4.78 is 0. The van der Waals surface area contributed by atoms with Crippen molar-refractivity contribution in [3.05, 3.63) is 17.1 Å². The normalized spacial score (nSPS) is 53.6. The SMILES string of the molecule is C=C(C)[C@@H]1CC[C@]2(C(=O)O)CC[C@]3(C)[C@H](CC[C@@H]4[C@@]5(C)CCC(N=O)C(C)(C)[C@@H]5CC[C@]43C)[C@@H]12. The van der Waals surface area contributed by atoms with Crippen molar-refractivity contribution in [2.75, 3.05) is 0 Å². The van der Waals surface area contributed by atoms with Gasteiger partial charge in [-0.25, -0.2) is 0 Å². The van der Waals surface area contributed by atoms with E-state index in [1.807, 2.05) is 0 Å². The summed E-state index contributed by atoms with van der Waals surface area (Å²) in [7, 11) is 0. The molecule has 0 aromatic carbocycles. The first-order valence-electron chi connectivity index (χ1n) is 14.0. The van der Waals surface area contributed by atoms with Crippen LogP contribution in [0, 0.1) is 61.6 Å². The Labute approximate surface area is 206 Å². The van der Waals surface area contributed by atoms with Gasteiger partial charge in [0.1, 0.15) is 0 Å². The van der Waals surface area contributed by atoms with Crippen LogP contribution in [0.3, 0.4) is 0 Å². The maximum Gasteiger partial charge on any atom is 0.309 e. The second-order valence-corrected chi connectivity index (χ2v) is 14.6. The van der Waals surface area contributed by atoms with Gasteiger partial charge in [-0.2, -0.15) is 4.91 Å². The summed E-state index contributed by atoms with van der Waals surface area (Å²) in [4.78, 5) is 24.5. The Balaban J connectivity index is 1.56. The van der Waals surface area contributed by atoms with Crippen molar-refractivity contribution < 1.29 is 9.90 Å². The van der Waals surface area contributed by atoms with E-state index in [9.17, 15) is 14.8 Å². The number of carboxylic acids is 1. The molecule has 0 amide bonds. The van der Waals surface area contributed by atoms with E-state index in [-0.39, 0.29) is 33.6 Å². The Morgan fingerprint density at radius 3 is 2.18 bits per heavy atom. The molecule has 0 aliphatic heterocycles. The number of nitrogens with zero attached hydrogens (tertiary/aromatic N) is 1. The van der Waals surface area contributed by atoms with Crippen LogP contribution in [0.1, 0.15) is 106 Å². The van der Waals surface area contributed by atoms with E-state index in [1.165, 1.54) is 24.8 Å². The van der Waals surface area contributed by atoms with Crippen LogP contribution in [-0.2, 0) is 4.79 Å². The molecule has 5 rings (SSSR count). The number of allylic oxidation sites excluding steroid dienone is 1. The third-order valence-electron chi connectivity index (χ3n) is 13.6. The first-order chi connectivity index (χ1) is 15.8. The second-order valence-electron chi connectivity index (χ2n) is 14.6. The Hall–Kier alpha value is -1.19. The highest BCUT2D eigenvalue weighted by molar-refractivity contribution is 5.76. The molecular weight excluding hydrogens is 422 g/mol. The highest BCUT2D eigenvalue weighted by atomic mass is 16.4. The predicted octanol–water partition coefficient (Wildman–Crippen LogP) is 7.86. The number of hydrogen-bond acceptors (Lipinski definition) is 3. The standard InChI is InChI=1S/C30H47NO3/c1-18(2)19-10-15-30(25(32)33)17-16-28(6)20(24(19)30)8-9-22-27(5)13-12-23(31-34)26(3,4)21(27)11-14-29(22,28)7/h19-24H,1,8-17H2,2-7H3,(H,32,33)/t19-,20+,21-,22+,23?,24+,27-,28+,29+,30-/m0/s1. The van der Waals surface area contributed by atoms with Gasteiger partial charge in [0.05, 0.1) is 11.5 Å². The van der Waals surface area contributed by atoms with Gasteiger partial charge in [0.15, 0.2) is 0 Å². The zero-order valence-corrected chi connectivity index (χ0v) is 22.5. The molecule has 190 valence electrons. The van der Waals surface area contributed by atoms with Crippen LogP contribution >= 0.6 is 0 Å². The molecule has 0 aromatic rings. The molecule has 34 heavy (non-hydrogen) atoms. The van der Waals surface area contributed by atoms with Crippen molar-refractivity contribution in [2.24, 2.45) is 61.8 Å². The molecule has 5 saturated carbocycles. The third-order valence-corrected chi connectivity index (χ3v) is 13.6. The lowest BCUT2D eigenvalue weighted by Gasteiger charge is -2.72. The molecule has 4 heteroatoms. The van der Waals surface area contributed by atoms with Crippen LogP contribution in [0.4, 0.5) is 0 Å². The zero-order chi connectivity index (χ0) is 24.9. The highest BCUT2D eigenvalue weighted by Crippen LogP contribution is 2.77. The number of carboxylic acid groups (broad SMARTS) is 1. The van der Waals surface area contributed by atoms with E-state index in [2.05, 4.69) is 53.3 Å². The van der Waals surface area contributed by atoms with Crippen LogP contribution in [-0.4, -0.2) is 17.1 Å². The van der Waals surface area contributed by atoms with Crippen molar-refractivity contribution in [3.63, 3.8) is 0 Å².